The summed E-state index contributed by atoms with van der Waals surface area (Å²) in [5, 5.41) is 4.88. The van der Waals surface area contributed by atoms with Gasteiger partial charge in [-0.2, -0.15) is 0 Å². The summed E-state index contributed by atoms with van der Waals surface area (Å²) in [6.45, 7) is 6.86. The molecule has 0 aromatic heterocycles. The second-order valence-corrected chi connectivity index (χ2v) is 3.22. The van der Waals surface area contributed by atoms with Crippen molar-refractivity contribution in [3.05, 3.63) is 12.7 Å². The second kappa shape index (κ2) is 8.87. The van der Waals surface area contributed by atoms with Gasteiger partial charge in [0.1, 0.15) is 0 Å². The van der Waals surface area contributed by atoms with Crippen molar-refractivity contribution < 1.29 is 14.3 Å². The van der Waals surface area contributed by atoms with Crippen LogP contribution in [-0.4, -0.2) is 37.7 Å². The highest BCUT2D eigenvalue weighted by atomic mass is 16.5. The van der Waals surface area contributed by atoms with Crippen molar-refractivity contribution >= 4 is 11.9 Å². The number of rotatable bonds is 8. The van der Waals surface area contributed by atoms with E-state index >= 15 is 0 Å². The van der Waals surface area contributed by atoms with Gasteiger partial charge in [0, 0.05) is 6.54 Å². The average molecular weight is 229 g/mol. The third-order valence-electron chi connectivity index (χ3n) is 1.80. The number of urea groups is 1. The van der Waals surface area contributed by atoms with Crippen LogP contribution in [0.25, 0.3) is 0 Å². The summed E-state index contributed by atoms with van der Waals surface area (Å²) in [4.78, 5) is 21.6. The number of amides is 3. The van der Waals surface area contributed by atoms with Crippen LogP contribution >= 0.6 is 0 Å². The molecular formula is C10H19N3O3. The first-order chi connectivity index (χ1) is 7.57. The van der Waals surface area contributed by atoms with Gasteiger partial charge in [-0.15, -0.1) is 6.58 Å². The number of carbonyl (C=O) groups excluding carboxylic acids is 2. The molecule has 1 atom stereocenters. The molecule has 3 amide bonds. The predicted octanol–water partition coefficient (Wildman–Crippen LogP) is -0.248. The van der Waals surface area contributed by atoms with Crippen LogP contribution in [0.4, 0.5) is 4.79 Å². The van der Waals surface area contributed by atoms with Crippen LogP contribution < -0.4 is 16.4 Å². The number of nitrogens with two attached hydrogens (primary N) is 1. The highest BCUT2D eigenvalue weighted by molar-refractivity contribution is 5.96. The summed E-state index contributed by atoms with van der Waals surface area (Å²) in [5.41, 5.74) is 4.81. The highest BCUT2D eigenvalue weighted by Crippen LogP contribution is 1.84. The fraction of sp³-hybridized carbons (Fsp3) is 0.600. The summed E-state index contributed by atoms with van der Waals surface area (Å²) in [6, 6.07) is -1.32. The monoisotopic (exact) mass is 229 g/mol. The van der Waals surface area contributed by atoms with Gasteiger partial charge in [-0.3, -0.25) is 10.1 Å². The first-order valence-electron chi connectivity index (χ1n) is 5.10. The molecule has 6 heteroatoms. The van der Waals surface area contributed by atoms with Gasteiger partial charge in [-0.05, 0) is 13.3 Å². The molecule has 0 spiro atoms. The van der Waals surface area contributed by atoms with E-state index in [-0.39, 0.29) is 0 Å². The van der Waals surface area contributed by atoms with Gasteiger partial charge in [0.2, 0.25) is 5.91 Å². The van der Waals surface area contributed by atoms with Crippen molar-refractivity contribution in [2.75, 3.05) is 19.8 Å². The third-order valence-corrected chi connectivity index (χ3v) is 1.80. The molecule has 0 bridgehead atoms. The molecule has 6 nitrogen and oxygen atoms in total. The van der Waals surface area contributed by atoms with Crippen molar-refractivity contribution in [3.8, 4) is 0 Å². The van der Waals surface area contributed by atoms with Crippen LogP contribution in [0.2, 0.25) is 0 Å². The first-order valence-corrected chi connectivity index (χ1v) is 5.10. The second-order valence-electron chi connectivity index (χ2n) is 3.22. The van der Waals surface area contributed by atoms with Crippen LogP contribution in [0.1, 0.15) is 13.3 Å². The number of nitrogens with one attached hydrogen (secondary N) is 2. The lowest BCUT2D eigenvalue weighted by Crippen LogP contribution is -2.47. The Morgan fingerprint density at radius 2 is 2.19 bits per heavy atom. The average Bonchev–Trinajstić information content (AvgIpc) is 2.21. The zero-order valence-corrected chi connectivity index (χ0v) is 9.49. The van der Waals surface area contributed by atoms with Gasteiger partial charge in [0.25, 0.3) is 0 Å². The Kier molecular flexibility index (Phi) is 8.10. The largest absolute Gasteiger partial charge is 0.380 e. The topological polar surface area (TPSA) is 93.4 Å². The van der Waals surface area contributed by atoms with E-state index in [1.165, 1.54) is 0 Å². The van der Waals surface area contributed by atoms with Crippen LogP contribution in [0.15, 0.2) is 12.7 Å². The van der Waals surface area contributed by atoms with E-state index in [0.29, 0.717) is 19.8 Å². The molecule has 0 aromatic rings. The molecule has 0 saturated heterocycles. The smallest absolute Gasteiger partial charge is 0.318 e. The Bertz CT molecular complexity index is 243. The molecule has 0 fully saturated rings. The maximum atomic E-state index is 11.2. The lowest BCUT2D eigenvalue weighted by atomic mass is 10.3. The standard InChI is InChI=1S/C10H19N3O3/c1-3-4-6-16-7-5-12-8(2)9(14)13-10(11)15/h3,8,12H,1,4-7H2,2H3,(H3,11,13,14,15). The molecule has 0 aliphatic rings. The first kappa shape index (κ1) is 14.6. The predicted molar refractivity (Wildman–Crippen MR) is 60.8 cm³/mol. The van der Waals surface area contributed by atoms with Gasteiger partial charge in [0.05, 0.1) is 19.3 Å². The molecule has 0 aliphatic carbocycles. The zero-order valence-electron chi connectivity index (χ0n) is 9.49. The minimum Gasteiger partial charge on any atom is -0.380 e. The molecule has 0 saturated carbocycles. The fourth-order valence-corrected chi connectivity index (χ4v) is 0.939. The van der Waals surface area contributed by atoms with E-state index in [1.54, 1.807) is 13.0 Å². The summed E-state index contributed by atoms with van der Waals surface area (Å²) in [6.07, 6.45) is 2.58. The molecule has 0 aromatic carbocycles. The maximum absolute atomic E-state index is 11.2. The number of hydrogen-bond donors (Lipinski definition) is 3. The normalized spacial score (nSPS) is 11.8. The zero-order chi connectivity index (χ0) is 12.4. The van der Waals surface area contributed by atoms with Crippen molar-refractivity contribution in [1.29, 1.82) is 0 Å². The molecular weight excluding hydrogens is 210 g/mol. The molecule has 0 heterocycles. The van der Waals surface area contributed by atoms with Gasteiger partial charge >= 0.3 is 6.03 Å². The van der Waals surface area contributed by atoms with Gasteiger partial charge in [-0.25, -0.2) is 4.79 Å². The third kappa shape index (κ3) is 7.95. The van der Waals surface area contributed by atoms with Gasteiger partial charge in [-0.1, -0.05) is 6.08 Å². The molecule has 0 rings (SSSR count). The molecule has 16 heavy (non-hydrogen) atoms. The minimum atomic E-state index is -0.846. The molecule has 0 radical (unpaired) electrons. The maximum Gasteiger partial charge on any atom is 0.318 e. The Labute approximate surface area is 95.2 Å². The van der Waals surface area contributed by atoms with Gasteiger partial charge in [0.15, 0.2) is 0 Å². The Morgan fingerprint density at radius 1 is 1.50 bits per heavy atom. The Balaban J connectivity index is 3.49. The van der Waals surface area contributed by atoms with E-state index in [9.17, 15) is 9.59 Å². The summed E-state index contributed by atoms with van der Waals surface area (Å²) < 4.78 is 5.23. The van der Waals surface area contributed by atoms with Crippen molar-refractivity contribution in [2.45, 2.75) is 19.4 Å². The van der Waals surface area contributed by atoms with Crippen LogP contribution in [0, 0.1) is 0 Å². The van der Waals surface area contributed by atoms with Crippen molar-refractivity contribution in [1.82, 2.24) is 10.6 Å². The van der Waals surface area contributed by atoms with E-state index in [1.807, 2.05) is 5.32 Å². The number of primary amides is 1. The van der Waals surface area contributed by atoms with Crippen LogP contribution in [0.3, 0.4) is 0 Å². The number of imide groups is 1. The number of carbonyl (C=O) groups is 2. The Morgan fingerprint density at radius 3 is 2.75 bits per heavy atom. The van der Waals surface area contributed by atoms with E-state index in [2.05, 4.69) is 11.9 Å². The summed E-state index contributed by atoms with van der Waals surface area (Å²) >= 11 is 0. The number of ether oxygens (including phenoxy) is 1. The molecule has 0 aliphatic heterocycles. The fourth-order valence-electron chi connectivity index (χ4n) is 0.939. The highest BCUT2D eigenvalue weighted by Gasteiger charge is 2.12. The van der Waals surface area contributed by atoms with Crippen LogP contribution in [0.5, 0.6) is 0 Å². The van der Waals surface area contributed by atoms with E-state index in [4.69, 9.17) is 10.5 Å². The lowest BCUT2D eigenvalue weighted by molar-refractivity contribution is -0.121. The van der Waals surface area contributed by atoms with Crippen molar-refractivity contribution in [2.24, 2.45) is 5.73 Å². The van der Waals surface area contributed by atoms with E-state index in [0.717, 1.165) is 6.42 Å². The van der Waals surface area contributed by atoms with E-state index < -0.39 is 18.0 Å². The Hall–Kier alpha value is -1.40. The number of hydrogen-bond acceptors (Lipinski definition) is 4. The SMILES string of the molecule is C=CCCOCCNC(C)C(=O)NC(N)=O. The summed E-state index contributed by atoms with van der Waals surface area (Å²) in [5.74, 6) is -0.446. The van der Waals surface area contributed by atoms with Crippen LogP contribution in [-0.2, 0) is 9.53 Å². The minimum absolute atomic E-state index is 0.446. The molecule has 92 valence electrons. The lowest BCUT2D eigenvalue weighted by Gasteiger charge is -2.12. The van der Waals surface area contributed by atoms with Crippen molar-refractivity contribution in [3.63, 3.8) is 0 Å². The summed E-state index contributed by atoms with van der Waals surface area (Å²) in [7, 11) is 0. The quantitative estimate of drug-likeness (QED) is 0.395. The molecule has 4 N–H and O–H groups in total. The molecule has 1 unspecified atom stereocenters. The van der Waals surface area contributed by atoms with Gasteiger partial charge < -0.3 is 15.8 Å².